The van der Waals surface area contributed by atoms with Gasteiger partial charge in [-0.3, -0.25) is 0 Å². The van der Waals surface area contributed by atoms with Gasteiger partial charge in [0.25, 0.3) is 0 Å². The van der Waals surface area contributed by atoms with Gasteiger partial charge in [-0.05, 0) is 5.41 Å². The molecule has 0 aliphatic carbocycles. The molecule has 0 bridgehead atoms. The molecule has 98 valence electrons. The van der Waals surface area contributed by atoms with E-state index in [1.165, 1.54) is 6.92 Å². The lowest BCUT2D eigenvalue weighted by Crippen LogP contribution is -2.41. The van der Waals surface area contributed by atoms with Crippen molar-refractivity contribution in [1.29, 1.82) is 0 Å². The van der Waals surface area contributed by atoms with E-state index in [-0.39, 0.29) is 17.3 Å². The molecular weight excluding hydrogens is 248 g/mol. The Hall–Kier alpha value is -0.100. The summed E-state index contributed by atoms with van der Waals surface area (Å²) in [6.45, 7) is 8.36. The van der Waals surface area contributed by atoms with Crippen LogP contribution in [0.25, 0.3) is 0 Å². The summed E-state index contributed by atoms with van der Waals surface area (Å²) in [6, 6.07) is 0. The molecule has 1 atom stereocenters. The van der Waals surface area contributed by atoms with Gasteiger partial charge in [-0.15, -0.1) is 0 Å². The Morgan fingerprint density at radius 1 is 0.938 bits per heavy atom. The van der Waals surface area contributed by atoms with Crippen molar-refractivity contribution in [2.24, 2.45) is 5.41 Å². The van der Waals surface area contributed by atoms with E-state index in [1.807, 2.05) is 0 Å². The van der Waals surface area contributed by atoms with Crippen LogP contribution < -0.4 is 0 Å². The molecule has 0 rings (SSSR count). The van der Waals surface area contributed by atoms with Crippen molar-refractivity contribution in [3.63, 3.8) is 0 Å². The van der Waals surface area contributed by atoms with Gasteiger partial charge in [-0.1, -0.05) is 34.6 Å². The van der Waals surface area contributed by atoms with E-state index in [4.69, 9.17) is 0 Å². The standard InChI is InChI=1S/C10H22O4S2/c1-6-15(11,12)8-9(10(3,4)5)16(13,14)7-2/h9H,6-8H2,1-5H3. The minimum absolute atomic E-state index is 0.0151. The zero-order valence-electron chi connectivity index (χ0n) is 10.6. The summed E-state index contributed by atoms with van der Waals surface area (Å²) < 4.78 is 46.9. The largest absolute Gasteiger partial charge is 0.229 e. The summed E-state index contributed by atoms with van der Waals surface area (Å²) in [5, 5.41) is -0.824. The molecule has 0 heterocycles. The Morgan fingerprint density at radius 2 is 1.38 bits per heavy atom. The maximum absolute atomic E-state index is 11.9. The predicted molar refractivity (Wildman–Crippen MR) is 67.0 cm³/mol. The highest BCUT2D eigenvalue weighted by Crippen LogP contribution is 2.27. The molecule has 4 nitrogen and oxygen atoms in total. The van der Waals surface area contributed by atoms with Crippen LogP contribution in [0.3, 0.4) is 0 Å². The highest BCUT2D eigenvalue weighted by atomic mass is 32.2. The smallest absolute Gasteiger partial charge is 0.154 e. The van der Waals surface area contributed by atoms with Gasteiger partial charge in [-0.25, -0.2) is 16.8 Å². The second kappa shape index (κ2) is 5.04. The molecule has 6 heteroatoms. The highest BCUT2D eigenvalue weighted by Gasteiger charge is 2.38. The zero-order valence-corrected chi connectivity index (χ0v) is 12.3. The van der Waals surface area contributed by atoms with Crippen LogP contribution >= 0.6 is 0 Å². The maximum Gasteiger partial charge on any atom is 0.154 e. The van der Waals surface area contributed by atoms with Gasteiger partial charge >= 0.3 is 0 Å². The van der Waals surface area contributed by atoms with E-state index in [9.17, 15) is 16.8 Å². The molecule has 0 aromatic carbocycles. The van der Waals surface area contributed by atoms with Crippen LogP contribution in [0.4, 0.5) is 0 Å². The van der Waals surface area contributed by atoms with Gasteiger partial charge in [0, 0.05) is 11.5 Å². The van der Waals surface area contributed by atoms with E-state index < -0.39 is 30.3 Å². The van der Waals surface area contributed by atoms with E-state index in [1.54, 1.807) is 27.7 Å². The van der Waals surface area contributed by atoms with Crippen LogP contribution in [-0.2, 0) is 19.7 Å². The van der Waals surface area contributed by atoms with Gasteiger partial charge in [0.05, 0.1) is 11.0 Å². The third-order valence-corrected chi connectivity index (χ3v) is 7.12. The summed E-state index contributed by atoms with van der Waals surface area (Å²) in [5.74, 6) is -0.309. The van der Waals surface area contributed by atoms with E-state index in [0.717, 1.165) is 0 Å². The third-order valence-electron chi connectivity index (χ3n) is 2.65. The van der Waals surface area contributed by atoms with E-state index >= 15 is 0 Å². The van der Waals surface area contributed by atoms with Gasteiger partial charge in [0.2, 0.25) is 0 Å². The topological polar surface area (TPSA) is 68.3 Å². The van der Waals surface area contributed by atoms with Crippen LogP contribution in [0.1, 0.15) is 34.6 Å². The minimum atomic E-state index is -3.34. The van der Waals surface area contributed by atoms with E-state index in [2.05, 4.69) is 0 Å². The van der Waals surface area contributed by atoms with Crippen molar-refractivity contribution < 1.29 is 16.8 Å². The van der Waals surface area contributed by atoms with Crippen LogP contribution in [0, 0.1) is 5.41 Å². The summed E-state index contributed by atoms with van der Waals surface area (Å²) in [6.07, 6.45) is 0. The molecule has 0 aliphatic rings. The SMILES string of the molecule is CCS(=O)(=O)CC(C(C)(C)C)S(=O)(=O)CC. The molecule has 0 amide bonds. The number of rotatable bonds is 5. The van der Waals surface area contributed by atoms with E-state index in [0.29, 0.717) is 0 Å². The monoisotopic (exact) mass is 270 g/mol. The molecule has 0 spiro atoms. The normalized spacial score (nSPS) is 16.1. The first kappa shape index (κ1) is 15.9. The van der Waals surface area contributed by atoms with Crippen LogP contribution in [0.15, 0.2) is 0 Å². The summed E-state index contributed by atoms with van der Waals surface area (Å²) in [7, 11) is -6.61. The first-order valence-corrected chi connectivity index (χ1v) is 8.92. The fourth-order valence-corrected chi connectivity index (χ4v) is 5.57. The van der Waals surface area contributed by atoms with Gasteiger partial charge in [0.15, 0.2) is 19.7 Å². The van der Waals surface area contributed by atoms with Crippen molar-refractivity contribution in [1.82, 2.24) is 0 Å². The van der Waals surface area contributed by atoms with Gasteiger partial charge < -0.3 is 0 Å². The van der Waals surface area contributed by atoms with Crippen molar-refractivity contribution >= 4 is 19.7 Å². The number of hydrogen-bond acceptors (Lipinski definition) is 4. The molecule has 0 saturated heterocycles. The van der Waals surface area contributed by atoms with Crippen molar-refractivity contribution in [3.8, 4) is 0 Å². The minimum Gasteiger partial charge on any atom is -0.229 e. The lowest BCUT2D eigenvalue weighted by atomic mass is 9.93. The average Bonchev–Trinajstić information content (AvgIpc) is 2.12. The molecule has 0 aromatic heterocycles. The molecule has 16 heavy (non-hydrogen) atoms. The summed E-state index contributed by atoms with van der Waals surface area (Å²) in [4.78, 5) is 0. The average molecular weight is 270 g/mol. The lowest BCUT2D eigenvalue weighted by molar-refractivity contribution is 0.392. The summed E-state index contributed by atoms with van der Waals surface area (Å²) in [5.41, 5.74) is -0.558. The van der Waals surface area contributed by atoms with Crippen molar-refractivity contribution in [2.45, 2.75) is 39.9 Å². The molecule has 0 radical (unpaired) electrons. The van der Waals surface area contributed by atoms with Crippen molar-refractivity contribution in [2.75, 3.05) is 17.3 Å². The Morgan fingerprint density at radius 3 is 1.62 bits per heavy atom. The number of hydrogen-bond donors (Lipinski definition) is 0. The molecular formula is C10H22O4S2. The fourth-order valence-electron chi connectivity index (χ4n) is 1.44. The predicted octanol–water partition coefficient (Wildman–Crippen LogP) is 1.27. The number of sulfone groups is 2. The fraction of sp³-hybridized carbons (Fsp3) is 1.00. The van der Waals surface area contributed by atoms with Crippen LogP contribution in [-0.4, -0.2) is 39.3 Å². The summed E-state index contributed by atoms with van der Waals surface area (Å²) >= 11 is 0. The molecule has 0 N–H and O–H groups in total. The van der Waals surface area contributed by atoms with Crippen LogP contribution in [0.2, 0.25) is 0 Å². The van der Waals surface area contributed by atoms with Gasteiger partial charge in [-0.2, -0.15) is 0 Å². The Bertz CT molecular complexity index is 412. The third kappa shape index (κ3) is 4.41. The molecule has 0 saturated carbocycles. The first-order chi connectivity index (χ1) is 6.96. The van der Waals surface area contributed by atoms with Gasteiger partial charge in [0.1, 0.15) is 0 Å². The molecule has 0 fully saturated rings. The molecule has 0 aromatic rings. The Kier molecular flexibility index (Phi) is 5.01. The highest BCUT2D eigenvalue weighted by molar-refractivity contribution is 7.95. The Balaban J connectivity index is 5.33. The zero-order chi connectivity index (χ0) is 13.2. The maximum atomic E-state index is 11.9. The quantitative estimate of drug-likeness (QED) is 0.754. The molecule has 1 unspecified atom stereocenters. The second-order valence-electron chi connectivity index (χ2n) is 5.01. The second-order valence-corrected chi connectivity index (χ2v) is 9.88. The molecule has 0 aliphatic heterocycles. The van der Waals surface area contributed by atoms with Crippen molar-refractivity contribution in [3.05, 3.63) is 0 Å². The Labute approximate surface area is 99.3 Å². The first-order valence-electron chi connectivity index (χ1n) is 5.38. The lowest BCUT2D eigenvalue weighted by Gasteiger charge is -2.29. The van der Waals surface area contributed by atoms with Crippen LogP contribution in [0.5, 0.6) is 0 Å².